The fourth-order valence-corrected chi connectivity index (χ4v) is 3.10. The third-order valence-corrected chi connectivity index (χ3v) is 4.86. The van der Waals surface area contributed by atoms with Gasteiger partial charge in [0.15, 0.2) is 5.78 Å². The number of carboxylic acids is 1. The van der Waals surface area contributed by atoms with E-state index in [0.717, 1.165) is 0 Å². The predicted molar refractivity (Wildman–Crippen MR) is 129 cm³/mol. The Labute approximate surface area is 211 Å². The molecule has 2 atom stereocenters. The van der Waals surface area contributed by atoms with Gasteiger partial charge in [0.25, 0.3) is 0 Å². The Morgan fingerprint density at radius 1 is 0.833 bits per heavy atom. The van der Waals surface area contributed by atoms with E-state index >= 15 is 0 Å². The lowest BCUT2D eigenvalue weighted by atomic mass is 9.97. The Hall–Kier alpha value is -2.64. The molecule has 208 valence electrons. The number of carboxylic acid groups (broad SMARTS) is 1. The number of Topliss-reactive ketones (excluding diaryl/α,β-unsaturated/α-hetero) is 1. The molecule has 0 rings (SSSR count). The van der Waals surface area contributed by atoms with E-state index in [4.69, 9.17) is 14.6 Å². The highest BCUT2D eigenvalue weighted by Gasteiger charge is 2.22. The van der Waals surface area contributed by atoms with Gasteiger partial charge in [-0.3, -0.25) is 14.4 Å². The quantitative estimate of drug-likeness (QED) is 0.0822. The number of amides is 3. The molecule has 0 aliphatic rings. The van der Waals surface area contributed by atoms with E-state index in [0.29, 0.717) is 19.4 Å². The fourth-order valence-electron chi connectivity index (χ4n) is 3.10. The molecule has 0 aliphatic heterocycles. The summed E-state index contributed by atoms with van der Waals surface area (Å²) in [6.45, 7) is 8.74. The second kappa shape index (κ2) is 19.5. The summed E-state index contributed by atoms with van der Waals surface area (Å²) >= 11 is 0. The second-order valence-electron chi connectivity index (χ2n) is 8.79. The number of hydrogen-bond donors (Lipinski definition) is 5. The van der Waals surface area contributed by atoms with E-state index in [9.17, 15) is 28.4 Å². The molecule has 5 N–H and O–H groups in total. The average Bonchev–Trinajstić information content (AvgIpc) is 2.79. The SMILES string of the molecule is CC(C)N[C@@H](CCCNC(=O)COCCOCCNC(=O)CC[C@@H](NC(=O)F)C(=O)O)C(=O)C(C)C. The topological polar surface area (TPSA) is 172 Å². The molecule has 0 aromatic heterocycles. The Bertz CT molecular complexity index is 706. The lowest BCUT2D eigenvalue weighted by Crippen LogP contribution is -2.43. The first-order valence-corrected chi connectivity index (χ1v) is 12.1. The maximum absolute atomic E-state index is 12.3. The summed E-state index contributed by atoms with van der Waals surface area (Å²) in [5, 5.41) is 19.0. The van der Waals surface area contributed by atoms with Crippen molar-refractivity contribution in [2.24, 2.45) is 5.92 Å². The molecule has 0 saturated heterocycles. The van der Waals surface area contributed by atoms with Crippen LogP contribution in [0, 0.1) is 5.92 Å². The summed E-state index contributed by atoms with van der Waals surface area (Å²) in [4.78, 5) is 56.9. The van der Waals surface area contributed by atoms with E-state index in [1.54, 1.807) is 5.32 Å². The molecule has 0 bridgehead atoms. The summed E-state index contributed by atoms with van der Waals surface area (Å²) < 4.78 is 22.8. The van der Waals surface area contributed by atoms with Crippen LogP contribution >= 0.6 is 0 Å². The molecule has 0 aromatic rings. The van der Waals surface area contributed by atoms with Gasteiger partial charge in [-0.2, -0.15) is 0 Å². The van der Waals surface area contributed by atoms with Gasteiger partial charge in [0.2, 0.25) is 11.8 Å². The van der Waals surface area contributed by atoms with Gasteiger partial charge in [-0.25, -0.2) is 9.59 Å². The predicted octanol–water partition coefficient (Wildman–Crippen LogP) is 0.536. The van der Waals surface area contributed by atoms with Crippen molar-refractivity contribution in [3.05, 3.63) is 0 Å². The number of ether oxygens (including phenoxy) is 2. The van der Waals surface area contributed by atoms with Crippen LogP contribution in [-0.4, -0.2) is 92.5 Å². The lowest BCUT2D eigenvalue weighted by Gasteiger charge is -2.22. The summed E-state index contributed by atoms with van der Waals surface area (Å²) in [7, 11) is 0. The lowest BCUT2D eigenvalue weighted by molar-refractivity contribution is -0.139. The maximum atomic E-state index is 12.3. The molecule has 12 nitrogen and oxygen atoms in total. The number of aliphatic carboxylic acids is 1. The molecular weight excluding hydrogens is 479 g/mol. The van der Waals surface area contributed by atoms with Crippen molar-refractivity contribution in [1.82, 2.24) is 21.3 Å². The molecule has 0 fully saturated rings. The molecule has 0 unspecified atom stereocenters. The van der Waals surface area contributed by atoms with Crippen molar-refractivity contribution in [2.75, 3.05) is 39.5 Å². The second-order valence-corrected chi connectivity index (χ2v) is 8.79. The van der Waals surface area contributed by atoms with E-state index in [1.807, 2.05) is 27.7 Å². The van der Waals surface area contributed by atoms with Crippen molar-refractivity contribution >= 4 is 29.7 Å². The normalized spacial score (nSPS) is 12.8. The molecule has 0 spiro atoms. The first-order valence-electron chi connectivity index (χ1n) is 12.1. The van der Waals surface area contributed by atoms with Crippen molar-refractivity contribution in [3.8, 4) is 0 Å². The third kappa shape index (κ3) is 17.7. The zero-order chi connectivity index (χ0) is 27.5. The number of ketones is 1. The van der Waals surface area contributed by atoms with Crippen molar-refractivity contribution in [1.29, 1.82) is 0 Å². The van der Waals surface area contributed by atoms with Crippen LogP contribution in [0.1, 0.15) is 53.4 Å². The van der Waals surface area contributed by atoms with Crippen LogP contribution in [0.3, 0.4) is 0 Å². The largest absolute Gasteiger partial charge is 0.480 e. The van der Waals surface area contributed by atoms with Gasteiger partial charge in [0.05, 0.1) is 25.9 Å². The minimum Gasteiger partial charge on any atom is -0.480 e. The maximum Gasteiger partial charge on any atom is 0.398 e. The van der Waals surface area contributed by atoms with Gasteiger partial charge in [-0.05, 0) is 19.3 Å². The van der Waals surface area contributed by atoms with E-state index in [1.165, 1.54) is 0 Å². The van der Waals surface area contributed by atoms with E-state index in [2.05, 4.69) is 16.0 Å². The molecule has 0 aliphatic carbocycles. The first kappa shape index (κ1) is 33.4. The third-order valence-electron chi connectivity index (χ3n) is 4.86. The van der Waals surface area contributed by atoms with Crippen LogP contribution < -0.4 is 21.3 Å². The Kier molecular flexibility index (Phi) is 18.1. The molecule has 0 aromatic carbocycles. The van der Waals surface area contributed by atoms with Crippen molar-refractivity contribution in [3.63, 3.8) is 0 Å². The van der Waals surface area contributed by atoms with Gasteiger partial charge in [0, 0.05) is 31.5 Å². The molecule has 36 heavy (non-hydrogen) atoms. The van der Waals surface area contributed by atoms with Crippen molar-refractivity contribution < 1.29 is 42.9 Å². The van der Waals surface area contributed by atoms with Crippen LogP contribution in [0.2, 0.25) is 0 Å². The first-order chi connectivity index (χ1) is 16.9. The zero-order valence-corrected chi connectivity index (χ0v) is 21.6. The fraction of sp³-hybridized carbons (Fsp3) is 0.783. The molecular formula is C23H41FN4O8. The highest BCUT2D eigenvalue weighted by atomic mass is 19.1. The summed E-state index contributed by atoms with van der Waals surface area (Å²) in [6, 6.07) is -1.52. The summed E-state index contributed by atoms with van der Waals surface area (Å²) in [5.41, 5.74) is 0. The molecule has 0 heterocycles. The van der Waals surface area contributed by atoms with E-state index in [-0.39, 0.29) is 75.5 Å². The van der Waals surface area contributed by atoms with Crippen LogP contribution in [0.25, 0.3) is 0 Å². The molecule has 3 amide bonds. The van der Waals surface area contributed by atoms with Gasteiger partial charge in [-0.1, -0.05) is 27.7 Å². The standard InChI is InChI=1S/C23H41FN4O8/c1-15(2)21(31)17(27-16(3)4)6-5-9-25-20(30)14-36-13-12-35-11-10-26-19(29)8-7-18(22(32)33)28-23(24)34/h15-18,27H,5-14H2,1-4H3,(H,25,30)(H,26,29)(H,28,34)(H,32,33)/t17-,18+/m0/s1. The van der Waals surface area contributed by atoms with E-state index < -0.39 is 24.1 Å². The number of halogens is 1. The van der Waals surface area contributed by atoms with Crippen LogP contribution in [0.5, 0.6) is 0 Å². The Balaban J connectivity index is 3.81. The van der Waals surface area contributed by atoms with Gasteiger partial charge in [-0.15, -0.1) is 4.39 Å². The summed E-state index contributed by atoms with van der Waals surface area (Å²) in [5.74, 6) is -2.07. The number of hydrogen-bond acceptors (Lipinski definition) is 8. The molecule has 13 heteroatoms. The van der Waals surface area contributed by atoms with Gasteiger partial charge in [0.1, 0.15) is 12.6 Å². The number of rotatable bonds is 21. The van der Waals surface area contributed by atoms with Gasteiger partial charge < -0.3 is 35.8 Å². The molecule has 0 radical (unpaired) electrons. The minimum atomic E-state index is -1.97. The minimum absolute atomic E-state index is 0.0572. The Morgan fingerprint density at radius 3 is 2.06 bits per heavy atom. The highest BCUT2D eigenvalue weighted by Crippen LogP contribution is 2.07. The smallest absolute Gasteiger partial charge is 0.398 e. The monoisotopic (exact) mass is 520 g/mol. The molecule has 0 saturated carbocycles. The zero-order valence-electron chi connectivity index (χ0n) is 21.6. The highest BCUT2D eigenvalue weighted by molar-refractivity contribution is 5.85. The number of carbonyl (C=O) groups is 5. The van der Waals surface area contributed by atoms with Crippen LogP contribution in [-0.2, 0) is 28.7 Å². The Morgan fingerprint density at radius 2 is 1.47 bits per heavy atom. The number of carbonyl (C=O) groups excluding carboxylic acids is 4. The van der Waals surface area contributed by atoms with Gasteiger partial charge >= 0.3 is 12.1 Å². The average molecular weight is 521 g/mol. The number of nitrogens with one attached hydrogen (secondary N) is 4. The van der Waals surface area contributed by atoms with Crippen LogP contribution in [0.15, 0.2) is 0 Å². The van der Waals surface area contributed by atoms with Crippen LogP contribution in [0.4, 0.5) is 9.18 Å². The van der Waals surface area contributed by atoms with Crippen molar-refractivity contribution in [2.45, 2.75) is 71.5 Å². The summed E-state index contributed by atoms with van der Waals surface area (Å²) in [6.07, 6.45) is -1.14.